The molecule has 2 heterocycles. The fourth-order valence-corrected chi connectivity index (χ4v) is 4.73. The number of hydrogen-bond donors (Lipinski definition) is 0. The van der Waals surface area contributed by atoms with Crippen LogP contribution >= 0.6 is 11.3 Å². The number of thiophene rings is 1. The van der Waals surface area contributed by atoms with E-state index in [0.717, 1.165) is 16.9 Å². The molecule has 0 fully saturated rings. The molecule has 0 aliphatic heterocycles. The van der Waals surface area contributed by atoms with Crippen LogP contribution in [0.1, 0.15) is 31.2 Å². The van der Waals surface area contributed by atoms with E-state index in [0.29, 0.717) is 44.1 Å². The summed E-state index contributed by atoms with van der Waals surface area (Å²) >= 11 is 1.11. The number of carbonyl (C=O) groups excluding carboxylic acids is 2. The second-order valence-electron chi connectivity index (χ2n) is 7.78. The van der Waals surface area contributed by atoms with Crippen LogP contribution in [0.3, 0.4) is 0 Å². The number of carbonyl (C=O) groups is 2. The van der Waals surface area contributed by atoms with Crippen molar-refractivity contribution in [1.29, 1.82) is 0 Å². The van der Waals surface area contributed by atoms with Crippen molar-refractivity contribution >= 4 is 33.3 Å². The summed E-state index contributed by atoms with van der Waals surface area (Å²) in [5, 5.41) is 0.313. The number of ether oxygens (including phenoxy) is 3. The zero-order valence-corrected chi connectivity index (χ0v) is 20.4. The molecule has 2 aromatic carbocycles. The zero-order chi connectivity index (χ0) is 24.9. The highest BCUT2D eigenvalue weighted by molar-refractivity contribution is 7.20. The van der Waals surface area contributed by atoms with Crippen LogP contribution in [0.5, 0.6) is 11.5 Å². The van der Waals surface area contributed by atoms with Gasteiger partial charge in [0.15, 0.2) is 17.3 Å². The molecule has 0 unspecified atom stereocenters. The molecule has 0 atom stereocenters. The zero-order valence-electron chi connectivity index (χ0n) is 19.6. The fraction of sp³-hybridized carbons (Fsp3) is 0.231. The summed E-state index contributed by atoms with van der Waals surface area (Å²) in [5.41, 5.74) is 1.55. The Morgan fingerprint density at radius 2 is 1.77 bits per heavy atom. The molecule has 0 aliphatic rings. The molecule has 4 rings (SSSR count). The molecule has 2 aromatic heterocycles. The number of aromatic nitrogens is 2. The Morgan fingerprint density at radius 3 is 2.49 bits per heavy atom. The minimum atomic E-state index is -0.492. The number of rotatable bonds is 9. The lowest BCUT2D eigenvalue weighted by Gasteiger charge is -2.10. The first-order valence-corrected chi connectivity index (χ1v) is 11.7. The maximum absolute atomic E-state index is 13.2. The van der Waals surface area contributed by atoms with Crippen LogP contribution in [0.15, 0.2) is 59.7 Å². The van der Waals surface area contributed by atoms with E-state index in [1.165, 1.54) is 25.1 Å². The Kier molecular flexibility index (Phi) is 7.26. The highest BCUT2D eigenvalue weighted by Gasteiger charge is 2.21. The first kappa shape index (κ1) is 24.2. The van der Waals surface area contributed by atoms with Crippen LogP contribution in [0.4, 0.5) is 0 Å². The lowest BCUT2D eigenvalue weighted by Crippen LogP contribution is -2.24. The number of nitrogens with zero attached hydrogens (tertiary/aromatic N) is 2. The molecule has 4 aromatic rings. The average molecular weight is 493 g/mol. The molecule has 8 nitrogen and oxygen atoms in total. The molecule has 0 saturated heterocycles. The number of hydrogen-bond acceptors (Lipinski definition) is 8. The number of benzene rings is 2. The predicted octanol–water partition coefficient (Wildman–Crippen LogP) is 4.07. The molecule has 0 bridgehead atoms. The number of Topliss-reactive ketones (excluding diaryl/α,β-unsaturated/α-hetero) is 1. The van der Waals surface area contributed by atoms with Gasteiger partial charge in [-0.1, -0.05) is 30.3 Å². The smallest absolute Gasteiger partial charge is 0.348 e. The fourth-order valence-electron chi connectivity index (χ4n) is 3.69. The standard InChI is InChI=1S/C26H24N2O6S/c1-16-22-24(35-23(16)26(31)34-12-11-17-7-5-4-6-8-17)27-15-28(25(22)30)14-19(29)18-9-10-20(32-2)21(13-18)33-3/h4-10,13,15H,11-12,14H2,1-3H3. The van der Waals surface area contributed by atoms with E-state index in [4.69, 9.17) is 14.2 Å². The first-order chi connectivity index (χ1) is 16.9. The summed E-state index contributed by atoms with van der Waals surface area (Å²) in [5.74, 6) is 0.140. The van der Waals surface area contributed by atoms with Crippen LogP contribution in [0, 0.1) is 6.92 Å². The van der Waals surface area contributed by atoms with Crippen molar-refractivity contribution in [3.63, 3.8) is 0 Å². The maximum atomic E-state index is 13.2. The predicted molar refractivity (Wildman–Crippen MR) is 133 cm³/mol. The van der Waals surface area contributed by atoms with Gasteiger partial charge in [0.25, 0.3) is 5.56 Å². The van der Waals surface area contributed by atoms with Gasteiger partial charge in [0.2, 0.25) is 0 Å². The van der Waals surface area contributed by atoms with E-state index in [2.05, 4.69) is 4.98 Å². The molecule has 9 heteroatoms. The lowest BCUT2D eigenvalue weighted by atomic mass is 10.1. The number of esters is 1. The molecule has 0 aliphatic carbocycles. The first-order valence-electron chi connectivity index (χ1n) is 10.9. The van der Waals surface area contributed by atoms with Crippen molar-refractivity contribution in [2.75, 3.05) is 20.8 Å². The van der Waals surface area contributed by atoms with Crippen molar-refractivity contribution in [2.45, 2.75) is 19.9 Å². The Balaban J connectivity index is 1.53. The number of fused-ring (bicyclic) bond motifs is 1. The summed E-state index contributed by atoms with van der Waals surface area (Å²) in [7, 11) is 2.99. The third kappa shape index (κ3) is 5.09. The number of ketones is 1. The van der Waals surface area contributed by atoms with Crippen LogP contribution in [0.25, 0.3) is 10.2 Å². The minimum absolute atomic E-state index is 0.205. The Bertz CT molecular complexity index is 1440. The van der Waals surface area contributed by atoms with Gasteiger partial charge in [-0.2, -0.15) is 0 Å². The Morgan fingerprint density at radius 1 is 1.03 bits per heavy atom. The molecule has 0 spiro atoms. The average Bonchev–Trinajstić information content (AvgIpc) is 3.22. The Labute approximate surface area is 205 Å². The second-order valence-corrected chi connectivity index (χ2v) is 8.78. The van der Waals surface area contributed by atoms with Crippen molar-refractivity contribution in [3.8, 4) is 11.5 Å². The van der Waals surface area contributed by atoms with E-state index < -0.39 is 5.97 Å². The molecular weight excluding hydrogens is 468 g/mol. The van der Waals surface area contributed by atoms with Crippen molar-refractivity contribution in [3.05, 3.63) is 86.8 Å². The van der Waals surface area contributed by atoms with Crippen LogP contribution < -0.4 is 15.0 Å². The third-order valence-corrected chi connectivity index (χ3v) is 6.77. The molecule has 35 heavy (non-hydrogen) atoms. The molecule has 0 saturated carbocycles. The highest BCUT2D eigenvalue weighted by Crippen LogP contribution is 2.29. The van der Waals surface area contributed by atoms with E-state index in [1.807, 2.05) is 30.3 Å². The Hall–Kier alpha value is -3.98. The molecule has 0 N–H and O–H groups in total. The summed E-state index contributed by atoms with van der Waals surface area (Å²) in [6, 6.07) is 14.5. The van der Waals surface area contributed by atoms with E-state index >= 15 is 0 Å². The number of aryl methyl sites for hydroxylation is 1. The van der Waals surface area contributed by atoms with Gasteiger partial charge in [-0.15, -0.1) is 11.3 Å². The van der Waals surface area contributed by atoms with Gasteiger partial charge in [-0.05, 0) is 36.2 Å². The maximum Gasteiger partial charge on any atom is 0.348 e. The largest absolute Gasteiger partial charge is 0.493 e. The van der Waals surface area contributed by atoms with Gasteiger partial charge in [-0.25, -0.2) is 9.78 Å². The van der Waals surface area contributed by atoms with Gasteiger partial charge in [0.05, 0.1) is 39.1 Å². The normalized spacial score (nSPS) is 10.8. The highest BCUT2D eigenvalue weighted by atomic mass is 32.1. The van der Waals surface area contributed by atoms with E-state index in [-0.39, 0.29) is 24.5 Å². The summed E-state index contributed by atoms with van der Waals surface area (Å²) < 4.78 is 17.1. The SMILES string of the molecule is COc1ccc(C(=O)Cn2cnc3sc(C(=O)OCCc4ccccc4)c(C)c3c2=O)cc1OC. The van der Waals surface area contributed by atoms with Crippen molar-refractivity contribution < 1.29 is 23.8 Å². The lowest BCUT2D eigenvalue weighted by molar-refractivity contribution is 0.0514. The monoisotopic (exact) mass is 492 g/mol. The van der Waals surface area contributed by atoms with E-state index in [9.17, 15) is 14.4 Å². The quantitative estimate of drug-likeness (QED) is 0.257. The topological polar surface area (TPSA) is 96.7 Å². The second kappa shape index (κ2) is 10.5. The molecule has 0 amide bonds. The van der Waals surface area contributed by atoms with Crippen molar-refractivity contribution in [1.82, 2.24) is 9.55 Å². The van der Waals surface area contributed by atoms with Gasteiger partial charge < -0.3 is 14.2 Å². The van der Waals surface area contributed by atoms with Crippen LogP contribution in [-0.2, 0) is 17.7 Å². The summed E-state index contributed by atoms with van der Waals surface area (Å²) in [6.45, 7) is 1.72. The minimum Gasteiger partial charge on any atom is -0.493 e. The van der Waals surface area contributed by atoms with Gasteiger partial charge in [-0.3, -0.25) is 14.2 Å². The van der Waals surface area contributed by atoms with Crippen molar-refractivity contribution in [2.24, 2.45) is 0 Å². The molecular formula is C26H24N2O6S. The van der Waals surface area contributed by atoms with E-state index in [1.54, 1.807) is 25.1 Å². The third-order valence-electron chi connectivity index (χ3n) is 5.59. The molecule has 0 radical (unpaired) electrons. The van der Waals surface area contributed by atoms with Gasteiger partial charge in [0.1, 0.15) is 9.71 Å². The van der Waals surface area contributed by atoms with Crippen LogP contribution in [0.2, 0.25) is 0 Å². The van der Waals surface area contributed by atoms with Crippen LogP contribution in [-0.4, -0.2) is 42.1 Å². The summed E-state index contributed by atoms with van der Waals surface area (Å²) in [4.78, 5) is 43.8. The number of methoxy groups -OCH3 is 2. The van der Waals surface area contributed by atoms with Gasteiger partial charge >= 0.3 is 5.97 Å². The molecule has 180 valence electrons. The summed E-state index contributed by atoms with van der Waals surface area (Å²) in [6.07, 6.45) is 1.92. The van der Waals surface area contributed by atoms with Gasteiger partial charge in [0, 0.05) is 12.0 Å².